The Morgan fingerprint density at radius 3 is 2.20 bits per heavy atom. The van der Waals surface area contributed by atoms with E-state index in [0.717, 1.165) is 0 Å². The van der Waals surface area contributed by atoms with E-state index in [-0.39, 0.29) is 0 Å². The maximum Gasteiger partial charge on any atom is -0.00934 e. The van der Waals surface area contributed by atoms with E-state index in [9.17, 15) is 0 Å². The van der Waals surface area contributed by atoms with Crippen LogP contribution in [0.1, 0.15) is 16.7 Å². The molecule has 0 saturated heterocycles. The molecule has 0 radical (unpaired) electrons. The molecule has 10 heavy (non-hydrogen) atoms. The van der Waals surface area contributed by atoms with Crippen molar-refractivity contribution in [2.75, 3.05) is 12.4 Å². The van der Waals surface area contributed by atoms with E-state index in [1.54, 1.807) is 0 Å². The third-order valence-corrected chi connectivity index (χ3v) is 2.19. The second kappa shape index (κ2) is 2.41. The molecule has 0 aliphatic heterocycles. The lowest BCUT2D eigenvalue weighted by Crippen LogP contribution is -1.86. The van der Waals surface area contributed by atoms with E-state index >= 15 is 0 Å². The molecule has 0 spiro atoms. The molecular formula is C9H14N-. The Hall–Kier alpha value is -0.850. The van der Waals surface area contributed by atoms with Crippen LogP contribution in [0.4, 0.5) is 5.69 Å². The van der Waals surface area contributed by atoms with Crippen LogP contribution in [0.2, 0.25) is 0 Å². The van der Waals surface area contributed by atoms with Gasteiger partial charge in [0.2, 0.25) is 0 Å². The smallest absolute Gasteiger partial charge is 0.00934 e. The van der Waals surface area contributed by atoms with E-state index in [4.69, 9.17) is 0 Å². The van der Waals surface area contributed by atoms with Crippen LogP contribution in [0.3, 0.4) is 0 Å². The summed E-state index contributed by atoms with van der Waals surface area (Å²) in [5.74, 6) is 0. The van der Waals surface area contributed by atoms with Crippen molar-refractivity contribution in [1.82, 2.24) is 0 Å². The molecule has 0 aliphatic rings. The number of aryl methyl sites for hydroxylation is 1. The highest BCUT2D eigenvalue weighted by atomic mass is 14.8. The van der Waals surface area contributed by atoms with Crippen molar-refractivity contribution in [3.05, 3.63) is 22.8 Å². The first kappa shape index (κ1) is 7.26. The molecule has 1 nitrogen and oxygen atoms in total. The molecule has 1 aromatic carbocycles. The molecule has 0 aromatic heterocycles. The molecule has 0 atom stereocenters. The second-order valence-corrected chi connectivity index (χ2v) is 2.74. The van der Waals surface area contributed by atoms with Gasteiger partial charge in [-0.3, -0.25) is 0 Å². The van der Waals surface area contributed by atoms with Gasteiger partial charge in [0.05, 0.1) is 0 Å². The lowest BCUT2D eigenvalue weighted by molar-refractivity contribution is 1.34. The maximum absolute atomic E-state index is 3.16. The largest absolute Gasteiger partial charge is 0.448 e. The SMILES string of the molecule is CNc1c[c-](C)c(C)c1C. The summed E-state index contributed by atoms with van der Waals surface area (Å²) in [7, 11) is 1.96. The standard InChI is InChI=1S/C9H14N/c1-6-5-9(10-4)8(3)7(6)2/h5,10H,1-4H3/q-1. The quantitative estimate of drug-likeness (QED) is 0.584. The lowest BCUT2D eigenvalue weighted by atomic mass is 10.2. The summed E-state index contributed by atoms with van der Waals surface area (Å²) in [6, 6.07) is 2.19. The van der Waals surface area contributed by atoms with E-state index in [2.05, 4.69) is 32.2 Å². The van der Waals surface area contributed by atoms with Gasteiger partial charge in [-0.2, -0.15) is 22.8 Å². The van der Waals surface area contributed by atoms with Gasteiger partial charge in [-0.05, 0) is 7.05 Å². The van der Waals surface area contributed by atoms with Crippen LogP contribution in [0.15, 0.2) is 6.07 Å². The third kappa shape index (κ3) is 0.919. The first-order valence-electron chi connectivity index (χ1n) is 3.58. The molecule has 0 aliphatic carbocycles. The summed E-state index contributed by atoms with van der Waals surface area (Å²) in [6.45, 7) is 6.45. The van der Waals surface area contributed by atoms with Gasteiger partial charge >= 0.3 is 0 Å². The van der Waals surface area contributed by atoms with Gasteiger partial charge in [0.15, 0.2) is 0 Å². The monoisotopic (exact) mass is 136 g/mol. The average molecular weight is 136 g/mol. The van der Waals surface area contributed by atoms with E-state index in [1.807, 2.05) is 7.05 Å². The second-order valence-electron chi connectivity index (χ2n) is 2.74. The van der Waals surface area contributed by atoms with Crippen LogP contribution in [0.25, 0.3) is 0 Å². The predicted octanol–water partition coefficient (Wildman–Crippen LogP) is 2.37. The Balaban J connectivity index is 3.17. The summed E-state index contributed by atoms with van der Waals surface area (Å²) in [4.78, 5) is 0. The van der Waals surface area contributed by atoms with Gasteiger partial charge in [-0.15, -0.1) is 5.69 Å². The molecule has 1 N–H and O–H groups in total. The van der Waals surface area contributed by atoms with E-state index in [1.165, 1.54) is 22.4 Å². The summed E-state index contributed by atoms with van der Waals surface area (Å²) in [5.41, 5.74) is 5.42. The molecule has 0 heterocycles. The van der Waals surface area contributed by atoms with Gasteiger partial charge in [0.1, 0.15) is 0 Å². The van der Waals surface area contributed by atoms with Gasteiger partial charge in [0.25, 0.3) is 0 Å². The minimum Gasteiger partial charge on any atom is -0.448 e. The number of anilines is 1. The molecule has 0 fully saturated rings. The van der Waals surface area contributed by atoms with Crippen molar-refractivity contribution in [3.8, 4) is 0 Å². The van der Waals surface area contributed by atoms with Gasteiger partial charge in [-0.25, -0.2) is 0 Å². The zero-order valence-electron chi connectivity index (χ0n) is 7.08. The number of hydrogen-bond donors (Lipinski definition) is 1. The first-order valence-corrected chi connectivity index (χ1v) is 3.58. The first-order chi connectivity index (χ1) is 4.66. The minimum atomic E-state index is 1.26. The Labute approximate surface area is 62.4 Å². The predicted molar refractivity (Wildman–Crippen MR) is 45.8 cm³/mol. The van der Waals surface area contributed by atoms with Gasteiger partial charge < -0.3 is 5.32 Å². The molecule has 1 rings (SSSR count). The van der Waals surface area contributed by atoms with Crippen LogP contribution in [-0.2, 0) is 0 Å². The maximum atomic E-state index is 3.16. The topological polar surface area (TPSA) is 12.0 Å². The fraction of sp³-hybridized carbons (Fsp3) is 0.444. The molecule has 0 saturated carbocycles. The lowest BCUT2D eigenvalue weighted by Gasteiger charge is -2.07. The third-order valence-electron chi connectivity index (χ3n) is 2.19. The Bertz CT molecular complexity index is 233. The van der Waals surface area contributed by atoms with Crippen molar-refractivity contribution in [1.29, 1.82) is 0 Å². The van der Waals surface area contributed by atoms with E-state index in [0.29, 0.717) is 0 Å². The van der Waals surface area contributed by atoms with Gasteiger partial charge in [0, 0.05) is 0 Å². The Morgan fingerprint density at radius 1 is 1.40 bits per heavy atom. The van der Waals surface area contributed by atoms with Crippen LogP contribution in [-0.4, -0.2) is 7.05 Å². The molecule has 56 valence electrons. The zero-order chi connectivity index (χ0) is 7.72. The van der Waals surface area contributed by atoms with Crippen molar-refractivity contribution in [2.24, 2.45) is 0 Å². The molecular weight excluding hydrogens is 122 g/mol. The summed E-state index contributed by atoms with van der Waals surface area (Å²) >= 11 is 0. The summed E-state index contributed by atoms with van der Waals surface area (Å²) in [5, 5.41) is 3.16. The van der Waals surface area contributed by atoms with Crippen LogP contribution in [0.5, 0.6) is 0 Å². The fourth-order valence-corrected chi connectivity index (χ4v) is 1.19. The van der Waals surface area contributed by atoms with Crippen molar-refractivity contribution >= 4 is 5.69 Å². The molecule has 0 unspecified atom stereocenters. The highest BCUT2D eigenvalue weighted by molar-refractivity contribution is 5.59. The van der Waals surface area contributed by atoms with E-state index < -0.39 is 0 Å². The minimum absolute atomic E-state index is 1.26. The Kier molecular flexibility index (Phi) is 1.75. The van der Waals surface area contributed by atoms with Crippen LogP contribution >= 0.6 is 0 Å². The molecule has 1 aromatic rings. The van der Waals surface area contributed by atoms with Crippen LogP contribution in [0, 0.1) is 20.8 Å². The van der Waals surface area contributed by atoms with Gasteiger partial charge in [-0.1, -0.05) is 20.8 Å². The summed E-state index contributed by atoms with van der Waals surface area (Å²) < 4.78 is 0. The van der Waals surface area contributed by atoms with Crippen LogP contribution < -0.4 is 5.32 Å². The van der Waals surface area contributed by atoms with Crippen molar-refractivity contribution < 1.29 is 0 Å². The molecule has 0 bridgehead atoms. The number of rotatable bonds is 1. The summed E-state index contributed by atoms with van der Waals surface area (Å²) in [6.07, 6.45) is 0. The normalized spacial score (nSPS) is 10.0. The number of hydrogen-bond acceptors (Lipinski definition) is 1. The zero-order valence-corrected chi connectivity index (χ0v) is 7.08. The van der Waals surface area contributed by atoms with Crippen molar-refractivity contribution in [2.45, 2.75) is 20.8 Å². The molecule has 1 heteroatoms. The average Bonchev–Trinajstić information content (AvgIpc) is 2.17. The fourth-order valence-electron chi connectivity index (χ4n) is 1.19. The molecule has 0 amide bonds. The number of nitrogens with one attached hydrogen (secondary N) is 1. The Morgan fingerprint density at radius 2 is 2.00 bits per heavy atom. The highest BCUT2D eigenvalue weighted by Gasteiger charge is 1.91. The van der Waals surface area contributed by atoms with Crippen molar-refractivity contribution in [3.63, 3.8) is 0 Å². The highest BCUT2D eigenvalue weighted by Crippen LogP contribution is 2.23.